The summed E-state index contributed by atoms with van der Waals surface area (Å²) in [7, 11) is 6.30. The van der Waals surface area contributed by atoms with Crippen molar-refractivity contribution in [2.75, 3.05) is 47.3 Å². The smallest absolute Gasteiger partial charge is 0.220 e. The topological polar surface area (TPSA) is 65.0 Å². The van der Waals surface area contributed by atoms with Crippen molar-refractivity contribution in [2.24, 2.45) is 15.8 Å². The Morgan fingerprint density at radius 2 is 1.85 bits per heavy atom. The Morgan fingerprint density at radius 1 is 1.24 bits per heavy atom. The number of aliphatic imine (C=N–C) groups is 1. The van der Waals surface area contributed by atoms with Gasteiger partial charge < -0.3 is 19.9 Å². The van der Waals surface area contributed by atoms with Crippen molar-refractivity contribution in [1.82, 2.24) is 15.1 Å². The molecular weight excluding hydrogens is 424 g/mol. The van der Waals surface area contributed by atoms with Crippen LogP contribution in [0.15, 0.2) is 35.3 Å². The molecule has 0 saturated carbocycles. The lowest BCUT2D eigenvalue weighted by atomic mass is 9.79. The Bertz CT molecular complexity index is 749. The first-order valence-corrected chi connectivity index (χ1v) is 12.0. The van der Waals surface area contributed by atoms with Crippen molar-refractivity contribution < 1.29 is 11.0 Å². The van der Waals surface area contributed by atoms with Gasteiger partial charge in [-0.15, -0.1) is 0 Å². The molecular formula is C28H52N4O2. The highest BCUT2D eigenvalue weighted by atomic mass is 16.1. The monoisotopic (exact) mass is 476 g/mol. The van der Waals surface area contributed by atoms with Crippen molar-refractivity contribution in [2.45, 2.75) is 66.8 Å². The van der Waals surface area contributed by atoms with E-state index in [1.165, 1.54) is 6.42 Å². The van der Waals surface area contributed by atoms with Gasteiger partial charge in [0.2, 0.25) is 5.91 Å². The number of likely N-dealkylation sites (tertiary alicyclic amines) is 1. The summed E-state index contributed by atoms with van der Waals surface area (Å²) in [4.78, 5) is 30.8. The SMILES string of the molecule is C.C=O.CC(=NCC1(CC(=O)N[C@H](CN(C)C)C(C)(C)C)CCCCN(C)C1)c1ccccc1.[HH]. The Balaban J connectivity index is 0. The summed E-state index contributed by atoms with van der Waals surface area (Å²) < 4.78 is 0. The van der Waals surface area contributed by atoms with Gasteiger partial charge in [0.25, 0.3) is 0 Å². The van der Waals surface area contributed by atoms with Gasteiger partial charge in [0.1, 0.15) is 6.79 Å². The summed E-state index contributed by atoms with van der Waals surface area (Å²) in [5, 5.41) is 3.37. The lowest BCUT2D eigenvalue weighted by Gasteiger charge is -2.37. The van der Waals surface area contributed by atoms with E-state index < -0.39 is 0 Å². The molecule has 1 heterocycles. The highest BCUT2D eigenvalue weighted by molar-refractivity contribution is 5.98. The van der Waals surface area contributed by atoms with Crippen molar-refractivity contribution in [3.8, 4) is 0 Å². The number of hydrogen-bond donors (Lipinski definition) is 1. The van der Waals surface area contributed by atoms with Crippen LogP contribution in [0.5, 0.6) is 0 Å². The highest BCUT2D eigenvalue weighted by Crippen LogP contribution is 2.34. The molecule has 1 fully saturated rings. The lowest BCUT2D eigenvalue weighted by molar-refractivity contribution is -0.125. The molecule has 1 aliphatic heterocycles. The van der Waals surface area contributed by atoms with E-state index in [1.54, 1.807) is 0 Å². The second kappa shape index (κ2) is 15.0. The van der Waals surface area contributed by atoms with Gasteiger partial charge in [0.15, 0.2) is 0 Å². The van der Waals surface area contributed by atoms with Gasteiger partial charge in [0, 0.05) is 44.7 Å². The zero-order valence-electron chi connectivity index (χ0n) is 22.0. The van der Waals surface area contributed by atoms with Crippen LogP contribution in [0.4, 0.5) is 0 Å². The van der Waals surface area contributed by atoms with E-state index in [0.29, 0.717) is 13.0 Å². The summed E-state index contributed by atoms with van der Waals surface area (Å²) in [6.07, 6.45) is 3.91. The normalized spacial score (nSPS) is 20.4. The van der Waals surface area contributed by atoms with Crippen LogP contribution in [0.25, 0.3) is 0 Å². The Morgan fingerprint density at radius 3 is 2.41 bits per heavy atom. The fraction of sp³-hybridized carbons (Fsp3) is 0.679. The average Bonchev–Trinajstić information content (AvgIpc) is 2.94. The molecule has 1 aromatic rings. The Kier molecular flexibility index (Phi) is 14.1. The van der Waals surface area contributed by atoms with Gasteiger partial charge in [-0.05, 0) is 58.4 Å². The molecule has 1 saturated heterocycles. The third-order valence-electron chi connectivity index (χ3n) is 6.41. The number of carbonyl (C=O) groups excluding carboxylic acids is 2. The molecule has 1 N–H and O–H groups in total. The van der Waals surface area contributed by atoms with E-state index >= 15 is 0 Å². The summed E-state index contributed by atoms with van der Waals surface area (Å²) in [5.74, 6) is 0.157. The third-order valence-corrected chi connectivity index (χ3v) is 6.41. The first-order valence-electron chi connectivity index (χ1n) is 12.0. The number of nitrogens with one attached hydrogen (secondary N) is 1. The molecule has 1 aromatic carbocycles. The van der Waals surface area contributed by atoms with Crippen LogP contribution >= 0.6 is 0 Å². The second-order valence-corrected chi connectivity index (χ2v) is 10.9. The van der Waals surface area contributed by atoms with Crippen molar-refractivity contribution in [1.29, 1.82) is 0 Å². The zero-order chi connectivity index (χ0) is 25.1. The largest absolute Gasteiger partial charge is 0.352 e. The lowest BCUT2D eigenvalue weighted by Crippen LogP contribution is -2.51. The predicted octanol–water partition coefficient (Wildman–Crippen LogP) is 4.78. The fourth-order valence-electron chi connectivity index (χ4n) is 4.49. The van der Waals surface area contributed by atoms with Gasteiger partial charge in [-0.25, -0.2) is 0 Å². The van der Waals surface area contributed by atoms with E-state index in [0.717, 1.165) is 43.8 Å². The number of rotatable bonds is 8. The highest BCUT2D eigenvalue weighted by Gasteiger charge is 2.36. The maximum atomic E-state index is 13.3. The summed E-state index contributed by atoms with van der Waals surface area (Å²) in [6, 6.07) is 10.5. The van der Waals surface area contributed by atoms with Gasteiger partial charge >= 0.3 is 0 Å². The van der Waals surface area contributed by atoms with Crippen LogP contribution < -0.4 is 5.32 Å². The van der Waals surface area contributed by atoms with Crippen LogP contribution in [0.3, 0.4) is 0 Å². The standard InChI is InChI=1S/C26H44N4O.CH2O.CH4.H2/c1-21(22-13-9-8-10-14-22)27-19-26(15-11-12-16-30(7)20-26)17-24(31)28-23(18-29(5)6)25(2,3)4;1-2;;/h8-10,13-14,23H,11-12,15-20H2,1-7H3,(H,28,31);1H2;1H4;1H/t23-,26?;;;/m1.../s1. The van der Waals surface area contributed by atoms with Crippen molar-refractivity contribution >= 4 is 18.4 Å². The van der Waals surface area contributed by atoms with Crippen LogP contribution in [-0.4, -0.2) is 81.6 Å². The average molecular weight is 477 g/mol. The minimum Gasteiger partial charge on any atom is -0.352 e. The molecule has 196 valence electrons. The number of amides is 1. The molecule has 0 bridgehead atoms. The number of hydrogen-bond acceptors (Lipinski definition) is 5. The third kappa shape index (κ3) is 10.9. The predicted molar refractivity (Wildman–Crippen MR) is 148 cm³/mol. The summed E-state index contributed by atoms with van der Waals surface area (Å²) >= 11 is 0. The van der Waals surface area contributed by atoms with Crippen LogP contribution in [0, 0.1) is 10.8 Å². The van der Waals surface area contributed by atoms with Gasteiger partial charge in [0.05, 0.1) is 0 Å². The van der Waals surface area contributed by atoms with Crippen molar-refractivity contribution in [3.05, 3.63) is 35.9 Å². The van der Waals surface area contributed by atoms with E-state index in [2.05, 4.69) is 76.1 Å². The first-order chi connectivity index (χ1) is 15.5. The molecule has 1 aliphatic rings. The van der Waals surface area contributed by atoms with Crippen LogP contribution in [0.1, 0.15) is 67.8 Å². The van der Waals surface area contributed by atoms with Crippen LogP contribution in [-0.2, 0) is 9.59 Å². The Labute approximate surface area is 210 Å². The minimum absolute atomic E-state index is 0. The molecule has 1 amide bonds. The Hall–Kier alpha value is -2.05. The maximum Gasteiger partial charge on any atom is 0.220 e. The molecule has 6 nitrogen and oxygen atoms in total. The quantitative estimate of drug-likeness (QED) is 0.549. The van der Waals surface area contributed by atoms with E-state index in [9.17, 15) is 4.79 Å². The molecule has 1 unspecified atom stereocenters. The second-order valence-electron chi connectivity index (χ2n) is 10.9. The summed E-state index contributed by atoms with van der Waals surface area (Å²) in [5.41, 5.74) is 2.09. The van der Waals surface area contributed by atoms with E-state index in [-0.39, 0.29) is 31.6 Å². The van der Waals surface area contributed by atoms with Gasteiger partial charge in [-0.3, -0.25) is 9.79 Å². The molecule has 0 aliphatic carbocycles. The number of nitrogens with zero attached hydrogens (tertiary/aromatic N) is 3. The number of benzene rings is 1. The molecule has 6 heteroatoms. The van der Waals surface area contributed by atoms with Gasteiger partial charge in [-0.1, -0.05) is 65.0 Å². The van der Waals surface area contributed by atoms with E-state index in [1.807, 2.05) is 25.0 Å². The number of carbonyl (C=O) groups is 2. The fourth-order valence-corrected chi connectivity index (χ4v) is 4.49. The van der Waals surface area contributed by atoms with E-state index in [4.69, 9.17) is 9.79 Å². The van der Waals surface area contributed by atoms with Crippen LogP contribution in [0.2, 0.25) is 0 Å². The molecule has 0 radical (unpaired) electrons. The summed E-state index contributed by atoms with van der Waals surface area (Å²) in [6.45, 7) is 14.2. The molecule has 0 aromatic heterocycles. The first kappa shape index (κ1) is 31.9. The molecule has 2 rings (SSSR count). The minimum atomic E-state index is -0.119. The zero-order valence-corrected chi connectivity index (χ0v) is 22.0. The maximum absolute atomic E-state index is 13.3. The number of likely N-dealkylation sites (N-methyl/N-ethyl adjacent to an activating group) is 1. The van der Waals surface area contributed by atoms with Crippen molar-refractivity contribution in [3.63, 3.8) is 0 Å². The molecule has 2 atom stereocenters. The van der Waals surface area contributed by atoms with Gasteiger partial charge in [-0.2, -0.15) is 0 Å². The molecule has 0 spiro atoms. The molecule has 34 heavy (non-hydrogen) atoms.